The fourth-order valence-electron chi connectivity index (χ4n) is 1.68. The van der Waals surface area contributed by atoms with Crippen molar-refractivity contribution in [3.63, 3.8) is 0 Å². The number of para-hydroxylation sites is 1. The SMILES string of the molecule is CCCS(=O)(=O)N[C@@H](C)c1ccccc1OC. The van der Waals surface area contributed by atoms with Gasteiger partial charge in [0.05, 0.1) is 12.9 Å². The summed E-state index contributed by atoms with van der Waals surface area (Å²) < 4.78 is 31.2. The maximum Gasteiger partial charge on any atom is 0.212 e. The molecule has 0 aliphatic rings. The van der Waals surface area contributed by atoms with E-state index in [2.05, 4.69) is 4.72 Å². The molecule has 5 heteroatoms. The lowest BCUT2D eigenvalue weighted by atomic mass is 10.1. The molecule has 1 aromatic rings. The molecule has 0 radical (unpaired) electrons. The van der Waals surface area contributed by atoms with Gasteiger partial charge in [-0.15, -0.1) is 0 Å². The van der Waals surface area contributed by atoms with Crippen molar-refractivity contribution in [2.45, 2.75) is 26.3 Å². The first-order chi connectivity index (χ1) is 8.00. The van der Waals surface area contributed by atoms with Crippen LogP contribution in [0.2, 0.25) is 0 Å². The van der Waals surface area contributed by atoms with Crippen LogP contribution in [0.3, 0.4) is 0 Å². The summed E-state index contributed by atoms with van der Waals surface area (Å²) in [6.07, 6.45) is 0.605. The molecular weight excluding hydrogens is 238 g/mol. The predicted molar refractivity (Wildman–Crippen MR) is 68.6 cm³/mol. The summed E-state index contributed by atoms with van der Waals surface area (Å²) in [6, 6.07) is 7.11. The van der Waals surface area contributed by atoms with Crippen molar-refractivity contribution < 1.29 is 13.2 Å². The van der Waals surface area contributed by atoms with E-state index in [1.54, 1.807) is 7.11 Å². The smallest absolute Gasteiger partial charge is 0.212 e. The molecule has 96 valence electrons. The first-order valence-electron chi connectivity index (χ1n) is 5.63. The highest BCUT2D eigenvalue weighted by atomic mass is 32.2. The van der Waals surface area contributed by atoms with Crippen LogP contribution in [0.1, 0.15) is 31.9 Å². The topological polar surface area (TPSA) is 55.4 Å². The third-order valence-electron chi connectivity index (χ3n) is 2.43. The van der Waals surface area contributed by atoms with Gasteiger partial charge in [-0.1, -0.05) is 25.1 Å². The van der Waals surface area contributed by atoms with E-state index >= 15 is 0 Å². The molecule has 0 unspecified atom stereocenters. The molecule has 0 saturated heterocycles. The van der Waals surface area contributed by atoms with E-state index in [0.29, 0.717) is 12.2 Å². The maximum absolute atomic E-state index is 11.7. The maximum atomic E-state index is 11.7. The van der Waals surface area contributed by atoms with E-state index in [0.717, 1.165) is 5.56 Å². The fourth-order valence-corrected chi connectivity index (χ4v) is 3.01. The highest BCUT2D eigenvalue weighted by Gasteiger charge is 2.17. The lowest BCUT2D eigenvalue weighted by molar-refractivity contribution is 0.405. The van der Waals surface area contributed by atoms with Crippen LogP contribution < -0.4 is 9.46 Å². The Morgan fingerprint density at radius 3 is 2.59 bits per heavy atom. The van der Waals surface area contributed by atoms with E-state index in [1.165, 1.54) is 0 Å². The van der Waals surface area contributed by atoms with Gasteiger partial charge in [-0.2, -0.15) is 0 Å². The molecule has 0 heterocycles. The molecule has 1 aromatic carbocycles. The molecule has 0 saturated carbocycles. The van der Waals surface area contributed by atoms with Crippen LogP contribution in [0.5, 0.6) is 5.75 Å². The normalized spacial score (nSPS) is 13.4. The highest BCUT2D eigenvalue weighted by Crippen LogP contribution is 2.24. The van der Waals surface area contributed by atoms with Gasteiger partial charge in [0.2, 0.25) is 10.0 Å². The zero-order chi connectivity index (χ0) is 12.9. The number of ether oxygens (including phenoxy) is 1. The minimum absolute atomic E-state index is 0.145. The van der Waals surface area contributed by atoms with Crippen molar-refractivity contribution in [2.24, 2.45) is 0 Å². The summed E-state index contributed by atoms with van der Waals surface area (Å²) in [5.41, 5.74) is 0.842. The van der Waals surface area contributed by atoms with Gasteiger partial charge < -0.3 is 4.74 Å². The predicted octanol–water partition coefficient (Wildman–Crippen LogP) is 2.09. The van der Waals surface area contributed by atoms with E-state index < -0.39 is 10.0 Å². The number of nitrogens with one attached hydrogen (secondary N) is 1. The Labute approximate surface area is 103 Å². The monoisotopic (exact) mass is 257 g/mol. The summed E-state index contributed by atoms with van der Waals surface area (Å²) >= 11 is 0. The largest absolute Gasteiger partial charge is 0.496 e. The molecule has 17 heavy (non-hydrogen) atoms. The van der Waals surface area contributed by atoms with E-state index in [1.807, 2.05) is 38.1 Å². The average Bonchev–Trinajstić information content (AvgIpc) is 2.28. The van der Waals surface area contributed by atoms with Gasteiger partial charge in [0, 0.05) is 11.6 Å². The molecule has 0 aliphatic carbocycles. The molecule has 0 aliphatic heterocycles. The Bertz CT molecular complexity index is 457. The quantitative estimate of drug-likeness (QED) is 0.849. The summed E-state index contributed by atoms with van der Waals surface area (Å²) in [4.78, 5) is 0. The number of benzene rings is 1. The number of hydrogen-bond acceptors (Lipinski definition) is 3. The van der Waals surface area contributed by atoms with Crippen molar-refractivity contribution >= 4 is 10.0 Å². The number of rotatable bonds is 6. The van der Waals surface area contributed by atoms with Crippen LogP contribution in [0.15, 0.2) is 24.3 Å². The van der Waals surface area contributed by atoms with Crippen molar-refractivity contribution in [1.82, 2.24) is 4.72 Å². The van der Waals surface area contributed by atoms with Crippen LogP contribution in [0.25, 0.3) is 0 Å². The average molecular weight is 257 g/mol. The second kappa shape index (κ2) is 6.02. The number of sulfonamides is 1. The van der Waals surface area contributed by atoms with E-state index in [9.17, 15) is 8.42 Å². The molecule has 0 bridgehead atoms. The van der Waals surface area contributed by atoms with Crippen LogP contribution in [0.4, 0.5) is 0 Å². The van der Waals surface area contributed by atoms with Crippen LogP contribution in [-0.4, -0.2) is 21.3 Å². The Balaban J connectivity index is 2.86. The number of hydrogen-bond donors (Lipinski definition) is 1. The molecular formula is C12H19NO3S. The van der Waals surface area contributed by atoms with E-state index in [4.69, 9.17) is 4.74 Å². The van der Waals surface area contributed by atoms with Gasteiger partial charge in [0.15, 0.2) is 0 Å². The molecule has 0 aromatic heterocycles. The summed E-state index contributed by atoms with van der Waals surface area (Å²) in [5, 5.41) is 0. The van der Waals surface area contributed by atoms with Gasteiger partial charge in [-0.05, 0) is 19.4 Å². The summed E-state index contributed by atoms with van der Waals surface area (Å²) in [7, 11) is -1.63. The standard InChI is InChI=1S/C12H19NO3S/c1-4-9-17(14,15)13-10(2)11-7-5-6-8-12(11)16-3/h5-8,10,13H,4,9H2,1-3H3/t10-/m0/s1. The van der Waals surface area contributed by atoms with Crippen molar-refractivity contribution in [2.75, 3.05) is 12.9 Å². The van der Waals surface area contributed by atoms with Crippen molar-refractivity contribution in [1.29, 1.82) is 0 Å². The van der Waals surface area contributed by atoms with Gasteiger partial charge in [-0.3, -0.25) is 0 Å². The summed E-state index contributed by atoms with van der Waals surface area (Å²) in [5.74, 6) is 0.839. The molecule has 1 N–H and O–H groups in total. The fraction of sp³-hybridized carbons (Fsp3) is 0.500. The minimum Gasteiger partial charge on any atom is -0.496 e. The molecule has 1 rings (SSSR count). The highest BCUT2D eigenvalue weighted by molar-refractivity contribution is 7.89. The molecule has 1 atom stereocenters. The first-order valence-corrected chi connectivity index (χ1v) is 7.28. The van der Waals surface area contributed by atoms with Gasteiger partial charge in [-0.25, -0.2) is 13.1 Å². The zero-order valence-corrected chi connectivity index (χ0v) is 11.3. The molecule has 4 nitrogen and oxygen atoms in total. The molecule has 0 spiro atoms. The van der Waals surface area contributed by atoms with Gasteiger partial charge in [0.25, 0.3) is 0 Å². The van der Waals surface area contributed by atoms with Crippen molar-refractivity contribution in [3.8, 4) is 5.75 Å². The Morgan fingerprint density at radius 1 is 1.35 bits per heavy atom. The third kappa shape index (κ3) is 4.02. The van der Waals surface area contributed by atoms with Gasteiger partial charge >= 0.3 is 0 Å². The Morgan fingerprint density at radius 2 is 2.00 bits per heavy atom. The number of methoxy groups -OCH3 is 1. The zero-order valence-electron chi connectivity index (χ0n) is 10.4. The minimum atomic E-state index is -3.21. The van der Waals surface area contributed by atoms with Crippen LogP contribution in [-0.2, 0) is 10.0 Å². The van der Waals surface area contributed by atoms with E-state index in [-0.39, 0.29) is 11.8 Å². The Kier molecular flexibility index (Phi) is 4.96. The van der Waals surface area contributed by atoms with Crippen LogP contribution in [0, 0.1) is 0 Å². The molecule has 0 amide bonds. The lowest BCUT2D eigenvalue weighted by Crippen LogP contribution is -2.29. The summed E-state index contributed by atoms with van der Waals surface area (Å²) in [6.45, 7) is 3.65. The first kappa shape index (κ1) is 14.0. The van der Waals surface area contributed by atoms with Crippen molar-refractivity contribution in [3.05, 3.63) is 29.8 Å². The lowest BCUT2D eigenvalue weighted by Gasteiger charge is -2.17. The third-order valence-corrected chi connectivity index (χ3v) is 4.09. The molecule has 0 fully saturated rings. The van der Waals surface area contributed by atoms with Gasteiger partial charge in [0.1, 0.15) is 5.75 Å². The Hall–Kier alpha value is -1.07. The second-order valence-corrected chi connectivity index (χ2v) is 5.77. The second-order valence-electron chi connectivity index (χ2n) is 3.90. The van der Waals surface area contributed by atoms with Crippen LogP contribution >= 0.6 is 0 Å².